The van der Waals surface area contributed by atoms with Crippen molar-refractivity contribution in [2.45, 2.75) is 70.1 Å². The molecule has 0 bridgehead atoms. The molecule has 0 aromatic heterocycles. The van der Waals surface area contributed by atoms with Crippen LogP contribution in [-0.4, -0.2) is 77.3 Å². The zero-order chi connectivity index (χ0) is 24.7. The molecule has 186 valence electrons. The molecule has 8 N–H and O–H groups in total. The second-order valence-electron chi connectivity index (χ2n) is 8.01. The maximum absolute atomic E-state index is 12.8. The van der Waals surface area contributed by atoms with Gasteiger partial charge in [0.1, 0.15) is 18.1 Å². The van der Waals surface area contributed by atoms with Gasteiger partial charge in [-0.1, -0.05) is 13.8 Å². The lowest BCUT2D eigenvalue weighted by molar-refractivity contribution is -0.142. The molecule has 4 atom stereocenters. The number of carboxylic acid groups (broad SMARTS) is 1. The number of amides is 3. The van der Waals surface area contributed by atoms with Crippen LogP contribution in [0.1, 0.15) is 46.0 Å². The number of hydrogen-bond donors (Lipinski definition) is 7. The Morgan fingerprint density at radius 2 is 1.50 bits per heavy atom. The van der Waals surface area contributed by atoms with E-state index >= 15 is 0 Å². The standard InChI is InChI=1S/C20H39N5O5S2/c1-12(2)10-13(22)17(26)25-16(11-31)19(28)23-14(6-4-5-8-21)18(27)24-15(20(29)30)7-9-32-3/h12-16,31H,4-11,21-22H2,1-3H3,(H,23,28)(H,24,27)(H,25,26)(H,29,30). The van der Waals surface area contributed by atoms with Crippen LogP contribution in [0.4, 0.5) is 0 Å². The van der Waals surface area contributed by atoms with Crippen LogP contribution in [0, 0.1) is 5.92 Å². The van der Waals surface area contributed by atoms with E-state index < -0.39 is 47.9 Å². The third kappa shape index (κ3) is 12.5. The minimum Gasteiger partial charge on any atom is -0.480 e. The maximum Gasteiger partial charge on any atom is 0.326 e. The van der Waals surface area contributed by atoms with Crippen molar-refractivity contribution in [3.05, 3.63) is 0 Å². The van der Waals surface area contributed by atoms with Gasteiger partial charge in [-0.05, 0) is 56.6 Å². The third-order valence-electron chi connectivity index (χ3n) is 4.68. The second-order valence-corrected chi connectivity index (χ2v) is 9.36. The number of unbranched alkanes of at least 4 members (excludes halogenated alkanes) is 1. The zero-order valence-electron chi connectivity index (χ0n) is 19.1. The molecule has 0 aromatic rings. The van der Waals surface area contributed by atoms with Gasteiger partial charge in [-0.3, -0.25) is 14.4 Å². The Morgan fingerprint density at radius 1 is 0.938 bits per heavy atom. The number of nitrogens with two attached hydrogens (primary N) is 2. The van der Waals surface area contributed by atoms with Gasteiger partial charge in [0, 0.05) is 5.75 Å². The number of rotatable bonds is 17. The molecule has 3 amide bonds. The summed E-state index contributed by atoms with van der Waals surface area (Å²) in [5.74, 6) is -2.01. The molecule has 0 saturated heterocycles. The fraction of sp³-hybridized carbons (Fsp3) is 0.800. The summed E-state index contributed by atoms with van der Waals surface area (Å²) >= 11 is 5.61. The quantitative estimate of drug-likeness (QED) is 0.107. The van der Waals surface area contributed by atoms with Crippen molar-refractivity contribution in [3.8, 4) is 0 Å². The van der Waals surface area contributed by atoms with E-state index in [1.807, 2.05) is 20.1 Å². The third-order valence-corrected chi connectivity index (χ3v) is 5.69. The molecule has 12 heteroatoms. The number of carbonyl (C=O) groups is 4. The molecule has 0 heterocycles. The Bertz CT molecular complexity index is 609. The molecule has 0 aliphatic heterocycles. The number of nitrogens with one attached hydrogen (secondary N) is 3. The predicted octanol–water partition coefficient (Wildman–Crippen LogP) is -0.289. The van der Waals surface area contributed by atoms with E-state index in [2.05, 4.69) is 28.6 Å². The first kappa shape index (κ1) is 30.5. The van der Waals surface area contributed by atoms with Crippen molar-refractivity contribution in [2.24, 2.45) is 17.4 Å². The highest BCUT2D eigenvalue weighted by molar-refractivity contribution is 7.98. The van der Waals surface area contributed by atoms with Gasteiger partial charge in [-0.2, -0.15) is 24.4 Å². The van der Waals surface area contributed by atoms with E-state index in [4.69, 9.17) is 11.5 Å². The Hall–Kier alpha value is -1.50. The monoisotopic (exact) mass is 493 g/mol. The van der Waals surface area contributed by atoms with Gasteiger partial charge < -0.3 is 32.5 Å². The highest BCUT2D eigenvalue weighted by atomic mass is 32.2. The van der Waals surface area contributed by atoms with Crippen molar-refractivity contribution in [2.75, 3.05) is 24.3 Å². The second kappa shape index (κ2) is 17.0. The number of carbonyl (C=O) groups excluding carboxylic acids is 3. The molecule has 0 saturated carbocycles. The average molecular weight is 494 g/mol. The molecule has 0 aliphatic carbocycles. The first-order valence-corrected chi connectivity index (χ1v) is 12.8. The van der Waals surface area contributed by atoms with Gasteiger partial charge in [0.05, 0.1) is 6.04 Å². The topological polar surface area (TPSA) is 177 Å². The van der Waals surface area contributed by atoms with Gasteiger partial charge >= 0.3 is 5.97 Å². The van der Waals surface area contributed by atoms with Gasteiger partial charge in [-0.15, -0.1) is 0 Å². The Balaban J connectivity index is 5.22. The van der Waals surface area contributed by atoms with E-state index in [1.54, 1.807) is 0 Å². The number of carboxylic acids is 1. The smallest absolute Gasteiger partial charge is 0.326 e. The van der Waals surface area contributed by atoms with Crippen LogP contribution >= 0.6 is 24.4 Å². The largest absolute Gasteiger partial charge is 0.480 e. The average Bonchev–Trinajstić information content (AvgIpc) is 2.72. The van der Waals surface area contributed by atoms with Crippen molar-refractivity contribution in [1.82, 2.24) is 16.0 Å². The van der Waals surface area contributed by atoms with E-state index in [9.17, 15) is 24.3 Å². The molecule has 0 rings (SSSR count). The van der Waals surface area contributed by atoms with E-state index in [0.717, 1.165) is 0 Å². The van der Waals surface area contributed by atoms with Crippen molar-refractivity contribution >= 4 is 48.1 Å². The van der Waals surface area contributed by atoms with Crippen LogP contribution in [0.5, 0.6) is 0 Å². The molecular weight excluding hydrogens is 454 g/mol. The van der Waals surface area contributed by atoms with Crippen LogP contribution < -0.4 is 27.4 Å². The highest BCUT2D eigenvalue weighted by Crippen LogP contribution is 2.07. The summed E-state index contributed by atoms with van der Waals surface area (Å²) in [5, 5.41) is 17.1. The lowest BCUT2D eigenvalue weighted by atomic mass is 10.0. The summed E-state index contributed by atoms with van der Waals surface area (Å²) in [6.45, 7) is 4.30. The molecular formula is C20H39N5O5S2. The lowest BCUT2D eigenvalue weighted by Gasteiger charge is -2.25. The molecule has 32 heavy (non-hydrogen) atoms. The molecule has 0 aromatic carbocycles. The van der Waals surface area contributed by atoms with Gasteiger partial charge in [0.2, 0.25) is 17.7 Å². The summed E-state index contributed by atoms with van der Waals surface area (Å²) in [6.07, 6.45) is 4.05. The van der Waals surface area contributed by atoms with Crippen LogP contribution in [0.3, 0.4) is 0 Å². The first-order valence-electron chi connectivity index (χ1n) is 10.8. The molecule has 0 aliphatic rings. The van der Waals surface area contributed by atoms with Crippen LogP contribution in [0.15, 0.2) is 0 Å². The van der Waals surface area contributed by atoms with E-state index in [1.165, 1.54) is 11.8 Å². The number of aliphatic carboxylic acids is 1. The Kier molecular flexibility index (Phi) is 16.2. The van der Waals surface area contributed by atoms with Crippen molar-refractivity contribution in [3.63, 3.8) is 0 Å². The first-order chi connectivity index (χ1) is 15.1. The molecule has 10 nitrogen and oxygen atoms in total. The minimum atomic E-state index is -1.14. The molecule has 0 radical (unpaired) electrons. The summed E-state index contributed by atoms with van der Waals surface area (Å²) in [7, 11) is 0. The van der Waals surface area contributed by atoms with Gasteiger partial charge in [0.25, 0.3) is 0 Å². The molecule has 0 spiro atoms. The fourth-order valence-electron chi connectivity index (χ4n) is 2.89. The van der Waals surface area contributed by atoms with E-state index in [-0.39, 0.29) is 24.5 Å². The van der Waals surface area contributed by atoms with Gasteiger partial charge in [-0.25, -0.2) is 4.79 Å². The Morgan fingerprint density at radius 3 is 2.00 bits per heavy atom. The van der Waals surface area contributed by atoms with Crippen LogP contribution in [-0.2, 0) is 19.2 Å². The number of hydrogen-bond acceptors (Lipinski definition) is 8. The minimum absolute atomic E-state index is 0.00852. The SMILES string of the molecule is CSCCC(NC(=O)C(CCCCN)NC(=O)C(CS)NC(=O)C(N)CC(C)C)C(=O)O. The Labute approximate surface area is 200 Å². The van der Waals surface area contributed by atoms with Crippen LogP contribution in [0.25, 0.3) is 0 Å². The van der Waals surface area contributed by atoms with Crippen LogP contribution in [0.2, 0.25) is 0 Å². The van der Waals surface area contributed by atoms with E-state index in [0.29, 0.717) is 31.6 Å². The summed E-state index contributed by atoms with van der Waals surface area (Å²) in [6, 6.07) is -3.77. The van der Waals surface area contributed by atoms with Gasteiger partial charge in [0.15, 0.2) is 0 Å². The fourth-order valence-corrected chi connectivity index (χ4v) is 3.62. The zero-order valence-corrected chi connectivity index (χ0v) is 20.8. The normalized spacial score (nSPS) is 14.8. The number of thiol groups is 1. The lowest BCUT2D eigenvalue weighted by Crippen LogP contribution is -2.57. The summed E-state index contributed by atoms with van der Waals surface area (Å²) < 4.78 is 0. The van der Waals surface area contributed by atoms with Crippen molar-refractivity contribution in [1.29, 1.82) is 0 Å². The highest BCUT2D eigenvalue weighted by Gasteiger charge is 2.29. The number of thioether (sulfide) groups is 1. The predicted molar refractivity (Wildman–Crippen MR) is 131 cm³/mol. The molecule has 0 fully saturated rings. The summed E-state index contributed by atoms with van der Waals surface area (Å²) in [5.41, 5.74) is 11.4. The summed E-state index contributed by atoms with van der Waals surface area (Å²) in [4.78, 5) is 49.3. The van der Waals surface area contributed by atoms with Crippen molar-refractivity contribution < 1.29 is 24.3 Å². The molecule has 4 unspecified atom stereocenters. The maximum atomic E-state index is 12.8.